The number of unbranched alkanes of at least 4 members (excludes halogenated alkanes) is 1. The molecule has 98 valence electrons. The number of hydrogen-bond donors (Lipinski definition) is 0. The Hall–Kier alpha value is -0.160. The summed E-state index contributed by atoms with van der Waals surface area (Å²) in [5.74, 6) is 0. The van der Waals surface area contributed by atoms with Crippen molar-refractivity contribution in [3.05, 3.63) is 0 Å². The van der Waals surface area contributed by atoms with Crippen molar-refractivity contribution in [2.45, 2.75) is 26.2 Å². The van der Waals surface area contributed by atoms with Crippen LogP contribution in [-0.4, -0.2) is 53.4 Å². The standard InChI is InChI=1S/C12H26O4/c1-3-4-7-14-9-11-16-12-10-15-8-5-6-13-2/h3-12H2,1-2H3. The maximum Gasteiger partial charge on any atom is 0.0701 e. The van der Waals surface area contributed by atoms with Gasteiger partial charge in [-0.05, 0) is 12.8 Å². The van der Waals surface area contributed by atoms with Crippen LogP contribution in [0.25, 0.3) is 0 Å². The summed E-state index contributed by atoms with van der Waals surface area (Å²) in [6, 6.07) is 0. The first-order chi connectivity index (χ1) is 7.91. The monoisotopic (exact) mass is 234 g/mol. The summed E-state index contributed by atoms with van der Waals surface area (Å²) < 4.78 is 20.9. The smallest absolute Gasteiger partial charge is 0.0701 e. The molecule has 0 radical (unpaired) electrons. The molecule has 0 saturated carbocycles. The molecular formula is C12H26O4. The number of ether oxygens (including phenoxy) is 4. The van der Waals surface area contributed by atoms with Crippen LogP contribution in [0, 0.1) is 0 Å². The molecule has 0 amide bonds. The normalized spacial score (nSPS) is 10.9. The minimum absolute atomic E-state index is 0.643. The van der Waals surface area contributed by atoms with Gasteiger partial charge in [-0.2, -0.15) is 0 Å². The van der Waals surface area contributed by atoms with Gasteiger partial charge in [0.25, 0.3) is 0 Å². The summed E-state index contributed by atoms with van der Waals surface area (Å²) in [4.78, 5) is 0. The lowest BCUT2D eigenvalue weighted by molar-refractivity contribution is 0.0109. The lowest BCUT2D eigenvalue weighted by atomic mass is 10.4. The molecule has 0 aliphatic heterocycles. The van der Waals surface area contributed by atoms with Crippen molar-refractivity contribution in [3.8, 4) is 0 Å². The molecule has 0 aliphatic carbocycles. The van der Waals surface area contributed by atoms with Crippen LogP contribution < -0.4 is 0 Å². The minimum Gasteiger partial charge on any atom is -0.385 e. The van der Waals surface area contributed by atoms with Crippen LogP contribution in [0.2, 0.25) is 0 Å². The molecule has 4 heteroatoms. The maximum atomic E-state index is 5.35. The molecule has 0 aromatic heterocycles. The second kappa shape index (κ2) is 14.8. The zero-order valence-electron chi connectivity index (χ0n) is 10.7. The zero-order chi connectivity index (χ0) is 11.9. The van der Waals surface area contributed by atoms with Gasteiger partial charge in [-0.3, -0.25) is 0 Å². The van der Waals surface area contributed by atoms with Crippen molar-refractivity contribution in [1.82, 2.24) is 0 Å². The zero-order valence-corrected chi connectivity index (χ0v) is 10.7. The van der Waals surface area contributed by atoms with Gasteiger partial charge in [-0.15, -0.1) is 0 Å². The predicted molar refractivity (Wildman–Crippen MR) is 63.9 cm³/mol. The first-order valence-electron chi connectivity index (χ1n) is 6.14. The summed E-state index contributed by atoms with van der Waals surface area (Å²) in [6.07, 6.45) is 3.25. The molecule has 0 heterocycles. The van der Waals surface area contributed by atoms with Crippen LogP contribution in [0.5, 0.6) is 0 Å². The maximum absolute atomic E-state index is 5.35. The highest BCUT2D eigenvalue weighted by molar-refractivity contribution is 4.36. The van der Waals surface area contributed by atoms with Crippen LogP contribution in [-0.2, 0) is 18.9 Å². The molecule has 0 spiro atoms. The Morgan fingerprint density at radius 1 is 0.625 bits per heavy atom. The Morgan fingerprint density at radius 2 is 1.12 bits per heavy atom. The number of hydrogen-bond acceptors (Lipinski definition) is 4. The molecule has 0 aliphatic rings. The summed E-state index contributed by atoms with van der Waals surface area (Å²) in [6.45, 7) is 7.13. The third-order valence-electron chi connectivity index (χ3n) is 2.02. The van der Waals surface area contributed by atoms with Crippen molar-refractivity contribution in [2.75, 3.05) is 53.4 Å². The first kappa shape index (κ1) is 15.8. The van der Waals surface area contributed by atoms with Crippen molar-refractivity contribution in [1.29, 1.82) is 0 Å². The van der Waals surface area contributed by atoms with E-state index in [4.69, 9.17) is 18.9 Å². The topological polar surface area (TPSA) is 36.9 Å². The third-order valence-corrected chi connectivity index (χ3v) is 2.02. The lowest BCUT2D eigenvalue weighted by Crippen LogP contribution is -2.10. The van der Waals surface area contributed by atoms with Crippen molar-refractivity contribution in [2.24, 2.45) is 0 Å². The van der Waals surface area contributed by atoms with Crippen LogP contribution in [0.15, 0.2) is 0 Å². The van der Waals surface area contributed by atoms with Gasteiger partial charge < -0.3 is 18.9 Å². The highest BCUT2D eigenvalue weighted by atomic mass is 16.5. The SMILES string of the molecule is CCCCOCCOCCOCCCOC. The third kappa shape index (κ3) is 13.8. The van der Waals surface area contributed by atoms with E-state index in [1.54, 1.807) is 7.11 Å². The van der Waals surface area contributed by atoms with E-state index >= 15 is 0 Å². The van der Waals surface area contributed by atoms with Crippen LogP contribution >= 0.6 is 0 Å². The van der Waals surface area contributed by atoms with E-state index < -0.39 is 0 Å². The van der Waals surface area contributed by atoms with Gasteiger partial charge in [0, 0.05) is 26.9 Å². The van der Waals surface area contributed by atoms with E-state index in [9.17, 15) is 0 Å². The van der Waals surface area contributed by atoms with E-state index in [0.29, 0.717) is 26.4 Å². The van der Waals surface area contributed by atoms with E-state index in [-0.39, 0.29) is 0 Å². The molecule has 4 nitrogen and oxygen atoms in total. The Labute approximate surface area is 99.2 Å². The second-order valence-corrected chi connectivity index (χ2v) is 3.54. The molecule has 0 bridgehead atoms. The average Bonchev–Trinajstić information content (AvgIpc) is 2.31. The minimum atomic E-state index is 0.643. The second-order valence-electron chi connectivity index (χ2n) is 3.54. The lowest BCUT2D eigenvalue weighted by Gasteiger charge is -2.06. The summed E-state index contributed by atoms with van der Waals surface area (Å²) in [5.41, 5.74) is 0. The van der Waals surface area contributed by atoms with E-state index in [1.165, 1.54) is 6.42 Å². The molecule has 0 fully saturated rings. The van der Waals surface area contributed by atoms with Crippen molar-refractivity contribution in [3.63, 3.8) is 0 Å². The van der Waals surface area contributed by atoms with Gasteiger partial charge >= 0.3 is 0 Å². The quantitative estimate of drug-likeness (QED) is 0.456. The summed E-state index contributed by atoms with van der Waals surface area (Å²) in [5, 5.41) is 0. The molecule has 0 saturated heterocycles. The van der Waals surface area contributed by atoms with Crippen LogP contribution in [0.3, 0.4) is 0 Å². The van der Waals surface area contributed by atoms with E-state index in [1.807, 2.05) is 0 Å². The van der Waals surface area contributed by atoms with Gasteiger partial charge in [0.1, 0.15) is 0 Å². The van der Waals surface area contributed by atoms with E-state index in [2.05, 4.69) is 6.92 Å². The average molecular weight is 234 g/mol. The van der Waals surface area contributed by atoms with E-state index in [0.717, 1.165) is 32.7 Å². The number of rotatable bonds is 13. The van der Waals surface area contributed by atoms with Crippen molar-refractivity contribution < 1.29 is 18.9 Å². The number of methoxy groups -OCH3 is 1. The van der Waals surface area contributed by atoms with Gasteiger partial charge in [0.2, 0.25) is 0 Å². The molecule has 0 unspecified atom stereocenters. The molecule has 0 aromatic rings. The van der Waals surface area contributed by atoms with Gasteiger partial charge in [-0.25, -0.2) is 0 Å². The predicted octanol–water partition coefficient (Wildman–Crippen LogP) is 1.87. The Balaban J connectivity index is 2.83. The molecule has 16 heavy (non-hydrogen) atoms. The fourth-order valence-electron chi connectivity index (χ4n) is 1.09. The highest BCUT2D eigenvalue weighted by Gasteiger charge is 1.91. The van der Waals surface area contributed by atoms with Crippen LogP contribution in [0.4, 0.5) is 0 Å². The Morgan fingerprint density at radius 3 is 1.62 bits per heavy atom. The molecular weight excluding hydrogens is 208 g/mol. The Kier molecular flexibility index (Phi) is 14.7. The Bertz CT molecular complexity index is 106. The van der Waals surface area contributed by atoms with Gasteiger partial charge in [0.05, 0.1) is 26.4 Å². The van der Waals surface area contributed by atoms with Gasteiger partial charge in [0.15, 0.2) is 0 Å². The molecule has 0 N–H and O–H groups in total. The molecule has 0 atom stereocenters. The fraction of sp³-hybridized carbons (Fsp3) is 1.00. The molecule has 0 rings (SSSR count). The first-order valence-corrected chi connectivity index (χ1v) is 6.14. The summed E-state index contributed by atoms with van der Waals surface area (Å²) in [7, 11) is 1.70. The van der Waals surface area contributed by atoms with Crippen molar-refractivity contribution >= 4 is 0 Å². The van der Waals surface area contributed by atoms with Gasteiger partial charge in [-0.1, -0.05) is 13.3 Å². The largest absolute Gasteiger partial charge is 0.385 e. The fourth-order valence-corrected chi connectivity index (χ4v) is 1.09. The van der Waals surface area contributed by atoms with Crippen LogP contribution in [0.1, 0.15) is 26.2 Å². The summed E-state index contributed by atoms with van der Waals surface area (Å²) >= 11 is 0. The highest BCUT2D eigenvalue weighted by Crippen LogP contribution is 1.88. The molecule has 0 aromatic carbocycles.